The summed E-state index contributed by atoms with van der Waals surface area (Å²) in [4.78, 5) is 4.14. The summed E-state index contributed by atoms with van der Waals surface area (Å²) in [5.74, 6) is 0.798. The van der Waals surface area contributed by atoms with Gasteiger partial charge >= 0.3 is 0 Å². The Morgan fingerprint density at radius 3 is 2.92 bits per heavy atom. The third-order valence-electron chi connectivity index (χ3n) is 1.62. The van der Waals surface area contributed by atoms with Gasteiger partial charge in [0.1, 0.15) is 18.1 Å². The Labute approximate surface area is 97.0 Å². The first kappa shape index (κ1) is 13.0. The first-order valence-corrected chi connectivity index (χ1v) is 4.10. The summed E-state index contributed by atoms with van der Waals surface area (Å²) in [5.41, 5.74) is 6.55. The molecule has 2 N–H and O–H groups in total. The van der Waals surface area contributed by atoms with Crippen molar-refractivity contribution in [3.63, 3.8) is 0 Å². The molecule has 0 aromatic carbocycles. The Balaban J connectivity index is 0.000000720. The lowest BCUT2D eigenvalue weighted by Gasteiger charge is -1.97. The summed E-state index contributed by atoms with van der Waals surface area (Å²) < 4.78 is 6.20. The maximum atomic E-state index is 5.69. The predicted octanol–water partition coefficient (Wildman–Crippen LogP) is 2.08. The number of hydrogen-bond acceptors (Lipinski definition) is 3. The van der Waals surface area contributed by atoms with Crippen LogP contribution in [-0.4, -0.2) is 11.6 Å². The van der Waals surface area contributed by atoms with Crippen molar-refractivity contribution in [3.05, 3.63) is 22.4 Å². The van der Waals surface area contributed by atoms with E-state index in [9.17, 15) is 0 Å². The molecule has 2 rings (SSSR count). The molecule has 6 heteroatoms. The Bertz CT molecular complexity index is 298. The normalized spacial score (nSPS) is 17.8. The van der Waals surface area contributed by atoms with Crippen LogP contribution >= 0.6 is 40.7 Å². The summed E-state index contributed by atoms with van der Waals surface area (Å²) in [5, 5.41) is 0. The highest BCUT2D eigenvalue weighted by atomic mass is 79.9. The van der Waals surface area contributed by atoms with Crippen molar-refractivity contribution in [1.82, 2.24) is 4.98 Å². The van der Waals surface area contributed by atoms with Crippen LogP contribution in [0.15, 0.2) is 16.7 Å². The highest BCUT2D eigenvalue weighted by molar-refractivity contribution is 9.10. The SMILES string of the molecule is Cl.Cl.NC1COc2cc(Br)cnc21. The number of hydrogen-bond donors (Lipinski definition) is 1. The highest BCUT2D eigenvalue weighted by Crippen LogP contribution is 2.30. The van der Waals surface area contributed by atoms with E-state index in [1.54, 1.807) is 6.20 Å². The van der Waals surface area contributed by atoms with E-state index in [0.717, 1.165) is 15.9 Å². The van der Waals surface area contributed by atoms with Gasteiger partial charge < -0.3 is 10.5 Å². The lowest BCUT2D eigenvalue weighted by molar-refractivity contribution is 0.333. The molecule has 0 amide bonds. The van der Waals surface area contributed by atoms with Crippen LogP contribution in [0.4, 0.5) is 0 Å². The average molecular weight is 288 g/mol. The summed E-state index contributed by atoms with van der Waals surface area (Å²) in [6.07, 6.45) is 1.73. The van der Waals surface area contributed by atoms with E-state index >= 15 is 0 Å². The van der Waals surface area contributed by atoms with Gasteiger partial charge in [-0.25, -0.2) is 0 Å². The maximum absolute atomic E-state index is 5.69. The molecule has 0 fully saturated rings. The topological polar surface area (TPSA) is 48.1 Å². The molecule has 0 bridgehead atoms. The molecule has 1 atom stereocenters. The molecule has 74 valence electrons. The van der Waals surface area contributed by atoms with Crippen LogP contribution in [0.25, 0.3) is 0 Å². The van der Waals surface area contributed by atoms with E-state index < -0.39 is 0 Å². The minimum Gasteiger partial charge on any atom is -0.490 e. The second-order valence-electron chi connectivity index (χ2n) is 2.45. The molecule has 1 unspecified atom stereocenters. The molecule has 13 heavy (non-hydrogen) atoms. The van der Waals surface area contributed by atoms with Gasteiger partial charge in [0.15, 0.2) is 0 Å². The fraction of sp³-hybridized carbons (Fsp3) is 0.286. The second-order valence-corrected chi connectivity index (χ2v) is 3.37. The van der Waals surface area contributed by atoms with Crippen LogP contribution in [0, 0.1) is 0 Å². The standard InChI is InChI=1S/C7H7BrN2O.2ClH/c8-4-1-6-7(10-2-4)5(9)3-11-6;;/h1-2,5H,3,9H2;2*1H. The van der Waals surface area contributed by atoms with E-state index in [-0.39, 0.29) is 30.9 Å². The van der Waals surface area contributed by atoms with Crippen molar-refractivity contribution in [2.45, 2.75) is 6.04 Å². The van der Waals surface area contributed by atoms with Crippen LogP contribution in [0.3, 0.4) is 0 Å². The van der Waals surface area contributed by atoms with Crippen molar-refractivity contribution in [1.29, 1.82) is 0 Å². The summed E-state index contributed by atoms with van der Waals surface area (Å²) in [6, 6.07) is 1.83. The van der Waals surface area contributed by atoms with Crippen LogP contribution in [0.2, 0.25) is 0 Å². The number of fused-ring (bicyclic) bond motifs is 1. The molecular formula is C7H9BrCl2N2O. The molecule has 1 aromatic rings. The van der Waals surface area contributed by atoms with Gasteiger partial charge in [0.25, 0.3) is 0 Å². The molecule has 0 saturated carbocycles. The minimum absolute atomic E-state index is 0. The molecule has 0 aliphatic carbocycles. The molecule has 1 aromatic heterocycles. The minimum atomic E-state index is -0.0573. The quantitative estimate of drug-likeness (QED) is 0.795. The van der Waals surface area contributed by atoms with Crippen molar-refractivity contribution in [2.75, 3.05) is 6.61 Å². The maximum Gasteiger partial charge on any atom is 0.143 e. The third-order valence-corrected chi connectivity index (χ3v) is 2.05. The Morgan fingerprint density at radius 1 is 1.54 bits per heavy atom. The number of nitrogens with two attached hydrogens (primary N) is 1. The summed E-state index contributed by atoms with van der Waals surface area (Å²) in [6.45, 7) is 0.540. The molecule has 3 nitrogen and oxygen atoms in total. The monoisotopic (exact) mass is 286 g/mol. The summed E-state index contributed by atoms with van der Waals surface area (Å²) >= 11 is 3.30. The van der Waals surface area contributed by atoms with Crippen LogP contribution in [-0.2, 0) is 0 Å². The second kappa shape index (κ2) is 5.00. The first-order chi connectivity index (χ1) is 5.27. The smallest absolute Gasteiger partial charge is 0.143 e. The number of halogens is 3. The van der Waals surface area contributed by atoms with Gasteiger partial charge in [-0.15, -0.1) is 24.8 Å². The lowest BCUT2D eigenvalue weighted by atomic mass is 10.2. The molecule has 2 heterocycles. The molecule has 0 spiro atoms. The van der Waals surface area contributed by atoms with Crippen molar-refractivity contribution < 1.29 is 4.74 Å². The molecule has 1 aliphatic heterocycles. The molecule has 0 saturated heterocycles. The fourth-order valence-electron chi connectivity index (χ4n) is 1.08. The fourth-order valence-corrected chi connectivity index (χ4v) is 1.39. The third kappa shape index (κ3) is 2.47. The Kier molecular flexibility index (Phi) is 4.99. The van der Waals surface area contributed by atoms with E-state index in [2.05, 4.69) is 20.9 Å². The van der Waals surface area contributed by atoms with Gasteiger partial charge in [0.05, 0.1) is 6.04 Å². The molecule has 1 aliphatic rings. The largest absolute Gasteiger partial charge is 0.490 e. The predicted molar refractivity (Wildman–Crippen MR) is 58.9 cm³/mol. The van der Waals surface area contributed by atoms with Crippen LogP contribution in [0.1, 0.15) is 11.7 Å². The van der Waals surface area contributed by atoms with E-state index in [1.807, 2.05) is 6.07 Å². The zero-order valence-electron chi connectivity index (χ0n) is 6.57. The number of nitrogens with zero attached hydrogens (tertiary/aromatic N) is 1. The van der Waals surface area contributed by atoms with Crippen LogP contribution < -0.4 is 10.5 Å². The van der Waals surface area contributed by atoms with Gasteiger partial charge in [-0.05, 0) is 22.0 Å². The van der Waals surface area contributed by atoms with Gasteiger partial charge in [-0.1, -0.05) is 0 Å². The van der Waals surface area contributed by atoms with Crippen molar-refractivity contribution in [2.24, 2.45) is 5.73 Å². The molecular weight excluding hydrogens is 279 g/mol. The van der Waals surface area contributed by atoms with Gasteiger partial charge in [0.2, 0.25) is 0 Å². The highest BCUT2D eigenvalue weighted by Gasteiger charge is 2.21. The van der Waals surface area contributed by atoms with Crippen molar-refractivity contribution in [3.8, 4) is 5.75 Å². The van der Waals surface area contributed by atoms with Gasteiger partial charge in [-0.2, -0.15) is 0 Å². The number of ether oxygens (including phenoxy) is 1. The van der Waals surface area contributed by atoms with E-state index in [1.165, 1.54) is 0 Å². The van der Waals surface area contributed by atoms with Crippen molar-refractivity contribution >= 4 is 40.7 Å². The van der Waals surface area contributed by atoms with E-state index in [0.29, 0.717) is 6.61 Å². The lowest BCUT2D eigenvalue weighted by Crippen LogP contribution is -2.11. The Hall–Kier alpha value is -0.0300. The number of pyridine rings is 1. The zero-order valence-corrected chi connectivity index (χ0v) is 9.79. The zero-order chi connectivity index (χ0) is 7.84. The van der Waals surface area contributed by atoms with Crippen LogP contribution in [0.5, 0.6) is 5.75 Å². The number of rotatable bonds is 0. The van der Waals surface area contributed by atoms with E-state index in [4.69, 9.17) is 10.5 Å². The molecule has 0 radical (unpaired) electrons. The first-order valence-electron chi connectivity index (χ1n) is 3.31. The van der Waals surface area contributed by atoms with Gasteiger partial charge in [-0.3, -0.25) is 4.98 Å². The average Bonchev–Trinajstić information content (AvgIpc) is 2.32. The van der Waals surface area contributed by atoms with Gasteiger partial charge in [0, 0.05) is 10.7 Å². The Morgan fingerprint density at radius 2 is 2.23 bits per heavy atom. The summed E-state index contributed by atoms with van der Waals surface area (Å²) in [7, 11) is 0. The number of aromatic nitrogens is 1.